The fourth-order valence-corrected chi connectivity index (χ4v) is 2.95. The van der Waals surface area contributed by atoms with Crippen molar-refractivity contribution >= 4 is 11.9 Å². The highest BCUT2D eigenvalue weighted by Crippen LogP contribution is 2.38. The van der Waals surface area contributed by atoms with E-state index < -0.39 is 5.92 Å². The zero-order chi connectivity index (χ0) is 17.1. The fourth-order valence-electron chi connectivity index (χ4n) is 2.95. The summed E-state index contributed by atoms with van der Waals surface area (Å²) in [4.78, 5) is 16.9. The first-order chi connectivity index (χ1) is 11.7. The van der Waals surface area contributed by atoms with Crippen molar-refractivity contribution in [1.82, 2.24) is 14.8 Å². The SMILES string of the molecule is CC/C=C1/Nc2ncnn2[C@@H](c2ccc(O)cc2)[C@@H]1C(=O)OCC. The van der Waals surface area contributed by atoms with Crippen molar-refractivity contribution in [2.45, 2.75) is 26.3 Å². The summed E-state index contributed by atoms with van der Waals surface area (Å²) >= 11 is 0. The molecule has 1 aromatic heterocycles. The molecule has 0 saturated carbocycles. The maximum absolute atomic E-state index is 12.7. The first-order valence-electron chi connectivity index (χ1n) is 7.97. The third-order valence-electron chi connectivity index (χ3n) is 3.94. The van der Waals surface area contributed by atoms with Gasteiger partial charge in [-0.15, -0.1) is 0 Å². The average molecular weight is 328 g/mol. The highest BCUT2D eigenvalue weighted by Gasteiger charge is 2.41. The Labute approximate surface area is 140 Å². The van der Waals surface area contributed by atoms with Gasteiger partial charge in [-0.2, -0.15) is 10.1 Å². The van der Waals surface area contributed by atoms with Crippen molar-refractivity contribution < 1.29 is 14.6 Å². The van der Waals surface area contributed by atoms with Gasteiger partial charge in [0, 0.05) is 5.70 Å². The van der Waals surface area contributed by atoms with Crippen LogP contribution in [0.25, 0.3) is 0 Å². The Hall–Kier alpha value is -2.83. The van der Waals surface area contributed by atoms with Gasteiger partial charge in [-0.05, 0) is 31.0 Å². The third-order valence-corrected chi connectivity index (χ3v) is 3.94. The number of hydrogen-bond donors (Lipinski definition) is 2. The van der Waals surface area contributed by atoms with E-state index >= 15 is 0 Å². The number of phenols is 1. The van der Waals surface area contributed by atoms with Gasteiger partial charge in [-0.3, -0.25) is 4.79 Å². The van der Waals surface area contributed by atoms with Crippen molar-refractivity contribution in [3.05, 3.63) is 47.9 Å². The molecule has 0 spiro atoms. The highest BCUT2D eigenvalue weighted by molar-refractivity contribution is 5.79. The van der Waals surface area contributed by atoms with Gasteiger partial charge in [0.2, 0.25) is 5.95 Å². The van der Waals surface area contributed by atoms with E-state index in [0.29, 0.717) is 12.6 Å². The molecule has 2 N–H and O–H groups in total. The minimum atomic E-state index is -0.552. The van der Waals surface area contributed by atoms with E-state index in [9.17, 15) is 9.90 Å². The molecule has 1 aliphatic rings. The minimum Gasteiger partial charge on any atom is -0.508 e. The van der Waals surface area contributed by atoms with E-state index in [1.54, 1.807) is 35.9 Å². The molecule has 0 saturated heterocycles. The molecule has 2 aromatic rings. The number of esters is 1. The standard InChI is InChI=1S/C17H20N4O3/c1-3-5-13-14(16(23)24-4-2)15(11-6-8-12(22)9-7-11)21-17(20-13)18-10-19-21/h5-10,14-15,22H,3-4H2,1-2H3,(H,18,19,20)/b13-5+/t14-,15+/m1/s1. The number of anilines is 1. The lowest BCUT2D eigenvalue weighted by atomic mass is 9.88. The van der Waals surface area contributed by atoms with Gasteiger partial charge >= 0.3 is 5.97 Å². The van der Waals surface area contributed by atoms with Gasteiger partial charge in [-0.1, -0.05) is 25.1 Å². The molecule has 0 fully saturated rings. The lowest BCUT2D eigenvalue weighted by Crippen LogP contribution is -2.38. The Bertz CT molecular complexity index is 751. The Balaban J connectivity index is 2.13. The van der Waals surface area contributed by atoms with E-state index in [1.165, 1.54) is 6.33 Å². The summed E-state index contributed by atoms with van der Waals surface area (Å²) in [6, 6.07) is 6.37. The van der Waals surface area contributed by atoms with E-state index in [2.05, 4.69) is 15.4 Å². The molecule has 1 aromatic carbocycles. The number of rotatable bonds is 4. The van der Waals surface area contributed by atoms with Crippen LogP contribution >= 0.6 is 0 Å². The van der Waals surface area contributed by atoms with Crippen molar-refractivity contribution in [2.75, 3.05) is 11.9 Å². The Kier molecular flexibility index (Phi) is 4.50. The van der Waals surface area contributed by atoms with Gasteiger partial charge < -0.3 is 15.2 Å². The van der Waals surface area contributed by atoms with Crippen LogP contribution in [-0.2, 0) is 9.53 Å². The maximum atomic E-state index is 12.7. The average Bonchev–Trinajstić information content (AvgIpc) is 3.03. The second kappa shape index (κ2) is 6.74. The largest absolute Gasteiger partial charge is 0.508 e. The van der Waals surface area contributed by atoms with Gasteiger partial charge in [0.15, 0.2) is 0 Å². The number of nitrogens with zero attached hydrogens (tertiary/aromatic N) is 3. The second-order valence-corrected chi connectivity index (χ2v) is 5.49. The van der Waals surface area contributed by atoms with E-state index in [0.717, 1.165) is 17.7 Å². The molecule has 0 unspecified atom stereocenters. The zero-order valence-corrected chi connectivity index (χ0v) is 13.6. The summed E-state index contributed by atoms with van der Waals surface area (Å²) in [5, 5.41) is 17.0. The number of carbonyl (C=O) groups is 1. The molecule has 7 nitrogen and oxygen atoms in total. The number of fused-ring (bicyclic) bond motifs is 1. The van der Waals surface area contributed by atoms with E-state index in [1.807, 2.05) is 13.0 Å². The molecule has 1 aliphatic heterocycles. The minimum absolute atomic E-state index is 0.170. The van der Waals surface area contributed by atoms with Crippen LogP contribution in [0.1, 0.15) is 31.9 Å². The van der Waals surface area contributed by atoms with Crippen molar-refractivity contribution in [3.8, 4) is 5.75 Å². The Morgan fingerprint density at radius 2 is 2.12 bits per heavy atom. The molecule has 3 rings (SSSR count). The molecule has 0 amide bonds. The van der Waals surface area contributed by atoms with E-state index in [-0.39, 0.29) is 17.8 Å². The van der Waals surface area contributed by atoms with Crippen LogP contribution in [0.5, 0.6) is 5.75 Å². The number of nitrogens with one attached hydrogen (secondary N) is 1. The number of phenolic OH excluding ortho intramolecular Hbond substituents is 1. The molecule has 0 bridgehead atoms. The molecule has 2 heterocycles. The molecular weight excluding hydrogens is 308 g/mol. The lowest BCUT2D eigenvalue weighted by Gasteiger charge is -2.33. The van der Waals surface area contributed by atoms with Gasteiger partial charge in [0.25, 0.3) is 0 Å². The van der Waals surface area contributed by atoms with Crippen LogP contribution in [0.3, 0.4) is 0 Å². The fraction of sp³-hybridized carbons (Fsp3) is 0.353. The first-order valence-corrected chi connectivity index (χ1v) is 7.97. The molecule has 24 heavy (non-hydrogen) atoms. The lowest BCUT2D eigenvalue weighted by molar-refractivity contribution is -0.147. The van der Waals surface area contributed by atoms with Crippen LogP contribution < -0.4 is 5.32 Å². The molecule has 2 atom stereocenters. The van der Waals surface area contributed by atoms with Gasteiger partial charge in [0.1, 0.15) is 18.0 Å². The van der Waals surface area contributed by atoms with Crippen LogP contribution in [-0.4, -0.2) is 32.4 Å². The number of carbonyl (C=O) groups excluding carboxylic acids is 1. The predicted octanol–water partition coefficient (Wildman–Crippen LogP) is 2.47. The number of aromatic hydroxyl groups is 1. The first kappa shape index (κ1) is 16.0. The summed E-state index contributed by atoms with van der Waals surface area (Å²) in [6.07, 6.45) is 4.19. The smallest absolute Gasteiger partial charge is 0.317 e. The third kappa shape index (κ3) is 2.84. The number of aromatic nitrogens is 3. The van der Waals surface area contributed by atoms with Crippen LogP contribution in [0.15, 0.2) is 42.4 Å². The monoisotopic (exact) mass is 328 g/mol. The van der Waals surface area contributed by atoms with E-state index in [4.69, 9.17) is 4.74 Å². The Morgan fingerprint density at radius 1 is 1.38 bits per heavy atom. The number of benzene rings is 1. The van der Waals surface area contributed by atoms with Crippen LogP contribution in [0.4, 0.5) is 5.95 Å². The highest BCUT2D eigenvalue weighted by atomic mass is 16.5. The number of ether oxygens (including phenoxy) is 1. The second-order valence-electron chi connectivity index (χ2n) is 5.49. The summed E-state index contributed by atoms with van der Waals surface area (Å²) in [7, 11) is 0. The zero-order valence-electron chi connectivity index (χ0n) is 13.6. The molecule has 0 aliphatic carbocycles. The van der Waals surface area contributed by atoms with Crippen molar-refractivity contribution in [3.63, 3.8) is 0 Å². The normalized spacial score (nSPS) is 21.2. The predicted molar refractivity (Wildman–Crippen MR) is 88.4 cm³/mol. The van der Waals surface area contributed by atoms with Gasteiger partial charge in [0.05, 0.1) is 12.6 Å². The summed E-state index contributed by atoms with van der Waals surface area (Å²) in [5.74, 6) is -0.121. The molecule has 126 valence electrons. The van der Waals surface area contributed by atoms with Crippen molar-refractivity contribution in [2.24, 2.45) is 5.92 Å². The molecule has 7 heteroatoms. The molecule has 0 radical (unpaired) electrons. The summed E-state index contributed by atoms with van der Waals surface area (Å²) in [6.45, 7) is 4.10. The quantitative estimate of drug-likeness (QED) is 0.838. The van der Waals surface area contributed by atoms with Gasteiger partial charge in [-0.25, -0.2) is 4.68 Å². The number of allylic oxidation sites excluding steroid dienone is 1. The Morgan fingerprint density at radius 3 is 2.79 bits per heavy atom. The van der Waals surface area contributed by atoms with Crippen molar-refractivity contribution in [1.29, 1.82) is 0 Å². The van der Waals surface area contributed by atoms with Crippen LogP contribution in [0.2, 0.25) is 0 Å². The van der Waals surface area contributed by atoms with Crippen LogP contribution in [0, 0.1) is 5.92 Å². The number of hydrogen-bond acceptors (Lipinski definition) is 6. The summed E-state index contributed by atoms with van der Waals surface area (Å²) < 4.78 is 6.98. The topological polar surface area (TPSA) is 89.3 Å². The molecular formula is C17H20N4O3. The summed E-state index contributed by atoms with van der Waals surface area (Å²) in [5.41, 5.74) is 1.61. The maximum Gasteiger partial charge on any atom is 0.317 e.